The largest absolute Gasteiger partial charge is 0.481 e. The standard InChI is InChI=1S/C44H70N2O4/c1-5-8-31-13-17-45(18-14-31)26-33-15-19-46(20-16-33)27-39-34(21-32-9-6-7-10-32)22-40(50-39)43-25-36-30(4)11-12-37(36)42(28-47)24-35(43)23-38(29(2)3)44(42,43)41(48)49/h23,28-37,39-40H,5-22,24-27H2,1-4H3,(H,48,49)/t30-,34-,35?,36-,37-,39+,40-,42?,43?,44+/m1/s1. The number of carboxylic acids is 1. The van der Waals surface area contributed by atoms with Gasteiger partial charge in [-0.25, -0.2) is 0 Å². The summed E-state index contributed by atoms with van der Waals surface area (Å²) in [6, 6.07) is 0. The van der Waals surface area contributed by atoms with Crippen molar-refractivity contribution >= 4 is 12.3 Å². The van der Waals surface area contributed by atoms with Gasteiger partial charge in [-0.15, -0.1) is 0 Å². The van der Waals surface area contributed by atoms with Crippen molar-refractivity contribution in [3.8, 4) is 0 Å². The summed E-state index contributed by atoms with van der Waals surface area (Å²) in [5.74, 6) is 3.69. The average molecular weight is 691 g/mol. The first-order valence-corrected chi connectivity index (χ1v) is 21.7. The van der Waals surface area contributed by atoms with Crippen LogP contribution in [-0.4, -0.2) is 78.6 Å². The minimum absolute atomic E-state index is 0.0868. The third kappa shape index (κ3) is 5.39. The molecule has 50 heavy (non-hydrogen) atoms. The fraction of sp³-hybridized carbons (Fsp3) is 0.909. The molecule has 6 heteroatoms. The lowest BCUT2D eigenvalue weighted by Crippen LogP contribution is -2.65. The third-order valence-electron chi connectivity index (χ3n) is 17.1. The topological polar surface area (TPSA) is 70.1 Å². The number of rotatable bonds is 12. The number of carboxylic acid groups (broad SMARTS) is 1. The highest BCUT2D eigenvalue weighted by atomic mass is 16.5. The molecule has 3 unspecified atom stereocenters. The van der Waals surface area contributed by atoms with Crippen LogP contribution < -0.4 is 0 Å². The molecule has 8 rings (SSSR count). The van der Waals surface area contributed by atoms with Gasteiger partial charge in [-0.1, -0.05) is 84.3 Å². The molecule has 5 aliphatic carbocycles. The average Bonchev–Trinajstić information content (AvgIpc) is 3.92. The number of aldehydes is 1. The van der Waals surface area contributed by atoms with Crippen molar-refractivity contribution < 1.29 is 19.4 Å². The molecule has 0 amide bonds. The molecule has 8 aliphatic rings. The number of aliphatic carboxylic acids is 1. The Kier molecular flexibility index (Phi) is 9.93. The number of fused-ring (bicyclic) bond motifs is 2. The molecular formula is C44H70N2O4. The maximum absolute atomic E-state index is 14.2. The van der Waals surface area contributed by atoms with Gasteiger partial charge in [0.15, 0.2) is 0 Å². The molecule has 3 heterocycles. The van der Waals surface area contributed by atoms with E-state index in [1.54, 1.807) is 0 Å². The van der Waals surface area contributed by atoms with Crippen LogP contribution in [0.4, 0.5) is 0 Å². The lowest BCUT2D eigenvalue weighted by Gasteiger charge is -2.60. The fourth-order valence-electron chi connectivity index (χ4n) is 14.9. The Morgan fingerprint density at radius 2 is 1.62 bits per heavy atom. The van der Waals surface area contributed by atoms with Crippen LogP contribution >= 0.6 is 0 Å². The van der Waals surface area contributed by atoms with Crippen LogP contribution in [0.15, 0.2) is 11.6 Å². The number of piperidine rings is 2. The monoisotopic (exact) mass is 691 g/mol. The van der Waals surface area contributed by atoms with E-state index in [9.17, 15) is 14.7 Å². The maximum Gasteiger partial charge on any atom is 0.315 e. The number of carbonyl (C=O) groups is 2. The summed E-state index contributed by atoms with van der Waals surface area (Å²) in [5.41, 5.74) is -1.39. The Morgan fingerprint density at radius 3 is 2.26 bits per heavy atom. The first-order chi connectivity index (χ1) is 24.2. The number of ether oxygens (including phenoxy) is 1. The molecule has 0 spiro atoms. The zero-order valence-corrected chi connectivity index (χ0v) is 32.1. The zero-order valence-electron chi connectivity index (χ0n) is 32.1. The van der Waals surface area contributed by atoms with Crippen LogP contribution in [0.2, 0.25) is 0 Å². The summed E-state index contributed by atoms with van der Waals surface area (Å²) in [7, 11) is 0. The van der Waals surface area contributed by atoms with Crippen LogP contribution in [0, 0.1) is 69.5 Å². The highest BCUT2D eigenvalue weighted by molar-refractivity contribution is 5.90. The second kappa shape index (κ2) is 13.9. The lowest BCUT2D eigenvalue weighted by molar-refractivity contribution is -0.197. The molecule has 280 valence electrons. The van der Waals surface area contributed by atoms with Crippen molar-refractivity contribution in [3.63, 3.8) is 0 Å². The van der Waals surface area contributed by atoms with E-state index in [0.717, 1.165) is 55.6 Å². The van der Waals surface area contributed by atoms with Gasteiger partial charge in [-0.2, -0.15) is 0 Å². The summed E-state index contributed by atoms with van der Waals surface area (Å²) in [5, 5.41) is 11.7. The summed E-state index contributed by atoms with van der Waals surface area (Å²) in [6.45, 7) is 16.3. The summed E-state index contributed by atoms with van der Waals surface area (Å²) in [6.07, 6.45) is 23.1. The lowest BCUT2D eigenvalue weighted by atomic mass is 9.41. The van der Waals surface area contributed by atoms with Gasteiger partial charge in [0.05, 0.1) is 17.6 Å². The number of allylic oxidation sites excluding steroid dienone is 1. The number of likely N-dealkylation sites (tertiary alicyclic amines) is 2. The Morgan fingerprint density at radius 1 is 0.940 bits per heavy atom. The molecule has 0 radical (unpaired) electrons. The van der Waals surface area contributed by atoms with Crippen molar-refractivity contribution in [3.05, 3.63) is 11.6 Å². The SMILES string of the molecule is CCCC1CCN(CC2CCN(C[C@@H]3O[C@@H](C45C[C@@H]6[C@H](C)CC[C@H]6C6(C=O)CC4C=C(C(C)C)[C@]65C(=O)O)C[C@H]3CC3CCCC3)CC2)CC1. The van der Waals surface area contributed by atoms with E-state index in [2.05, 4.69) is 43.6 Å². The fourth-order valence-corrected chi connectivity index (χ4v) is 14.9. The molecule has 3 saturated heterocycles. The number of hydrogen-bond acceptors (Lipinski definition) is 5. The maximum atomic E-state index is 14.2. The van der Waals surface area contributed by atoms with Crippen LogP contribution in [0.3, 0.4) is 0 Å². The molecule has 4 bridgehead atoms. The summed E-state index contributed by atoms with van der Waals surface area (Å²) < 4.78 is 7.52. The van der Waals surface area contributed by atoms with Gasteiger partial charge in [0.1, 0.15) is 11.7 Å². The molecule has 6 nitrogen and oxygen atoms in total. The third-order valence-corrected chi connectivity index (χ3v) is 17.1. The predicted molar refractivity (Wildman–Crippen MR) is 199 cm³/mol. The quantitative estimate of drug-likeness (QED) is 0.164. The van der Waals surface area contributed by atoms with Crippen molar-refractivity contribution in [1.82, 2.24) is 9.80 Å². The number of hydrogen-bond donors (Lipinski definition) is 1. The minimum atomic E-state index is -1.13. The van der Waals surface area contributed by atoms with Crippen molar-refractivity contribution in [2.24, 2.45) is 69.5 Å². The van der Waals surface area contributed by atoms with Gasteiger partial charge >= 0.3 is 5.97 Å². The molecule has 4 saturated carbocycles. The Hall–Kier alpha value is -1.24. The van der Waals surface area contributed by atoms with E-state index in [1.165, 1.54) is 110 Å². The molecule has 0 aromatic carbocycles. The van der Waals surface area contributed by atoms with Gasteiger partial charge in [0.25, 0.3) is 0 Å². The highest BCUT2D eigenvalue weighted by Gasteiger charge is 2.86. The van der Waals surface area contributed by atoms with Gasteiger partial charge in [-0.3, -0.25) is 4.79 Å². The Balaban J connectivity index is 1.03. The highest BCUT2D eigenvalue weighted by Crippen LogP contribution is 2.84. The van der Waals surface area contributed by atoms with Crippen molar-refractivity contribution in [2.75, 3.05) is 39.3 Å². The van der Waals surface area contributed by atoms with Crippen LogP contribution in [-0.2, 0) is 14.3 Å². The van der Waals surface area contributed by atoms with E-state index in [4.69, 9.17) is 4.74 Å². The molecule has 0 aromatic heterocycles. The molecule has 0 aromatic rings. The van der Waals surface area contributed by atoms with Crippen LogP contribution in [0.25, 0.3) is 0 Å². The molecule has 3 aliphatic heterocycles. The second-order valence-corrected chi connectivity index (χ2v) is 19.7. The number of carbonyl (C=O) groups excluding carboxylic acids is 1. The zero-order chi connectivity index (χ0) is 34.8. The van der Waals surface area contributed by atoms with E-state index < -0.39 is 22.2 Å². The van der Waals surface area contributed by atoms with Crippen molar-refractivity contribution in [1.29, 1.82) is 0 Å². The normalized spacial score (nSPS) is 44.3. The first kappa shape index (κ1) is 35.8. The minimum Gasteiger partial charge on any atom is -0.481 e. The summed E-state index contributed by atoms with van der Waals surface area (Å²) >= 11 is 0. The summed E-state index contributed by atoms with van der Waals surface area (Å²) in [4.78, 5) is 33.4. The smallest absolute Gasteiger partial charge is 0.315 e. The van der Waals surface area contributed by atoms with Crippen molar-refractivity contribution in [2.45, 2.75) is 143 Å². The predicted octanol–water partition coefficient (Wildman–Crippen LogP) is 8.49. The molecule has 7 fully saturated rings. The Labute approximate surface area is 303 Å². The van der Waals surface area contributed by atoms with Crippen LogP contribution in [0.1, 0.15) is 130 Å². The van der Waals surface area contributed by atoms with Gasteiger partial charge < -0.3 is 24.4 Å². The van der Waals surface area contributed by atoms with E-state index in [0.29, 0.717) is 24.2 Å². The van der Waals surface area contributed by atoms with E-state index >= 15 is 0 Å². The second-order valence-electron chi connectivity index (χ2n) is 19.7. The molecule has 1 N–H and O–H groups in total. The van der Waals surface area contributed by atoms with Gasteiger partial charge in [0.2, 0.25) is 0 Å². The number of nitrogens with zero attached hydrogens (tertiary/aromatic N) is 2. The first-order valence-electron chi connectivity index (χ1n) is 21.7. The Bertz CT molecular complexity index is 1280. The van der Waals surface area contributed by atoms with Gasteiger partial charge in [-0.05, 0) is 137 Å². The molecular weight excluding hydrogens is 620 g/mol. The molecule has 10 atom stereocenters. The van der Waals surface area contributed by atoms with Gasteiger partial charge in [0, 0.05) is 18.5 Å². The van der Waals surface area contributed by atoms with E-state index in [-0.39, 0.29) is 30.0 Å². The van der Waals surface area contributed by atoms with Crippen LogP contribution in [0.5, 0.6) is 0 Å². The van der Waals surface area contributed by atoms with E-state index in [1.807, 2.05) is 0 Å².